The molecule has 0 spiro atoms. The van der Waals surface area contributed by atoms with Crippen LogP contribution in [0.4, 0.5) is 0 Å². The van der Waals surface area contributed by atoms with Crippen molar-refractivity contribution < 1.29 is 9.59 Å². The van der Waals surface area contributed by atoms with Crippen molar-refractivity contribution in [1.82, 2.24) is 0 Å². The van der Waals surface area contributed by atoms with E-state index in [2.05, 4.69) is 0 Å². The Morgan fingerprint density at radius 3 is 1.36 bits per heavy atom. The van der Waals surface area contributed by atoms with Gasteiger partial charge in [0.05, 0.1) is 6.42 Å². The van der Waals surface area contributed by atoms with Crippen molar-refractivity contribution in [2.45, 2.75) is 34.1 Å². The molecule has 0 aromatic carbocycles. The molecular formula is C9H16O2. The zero-order valence-corrected chi connectivity index (χ0v) is 7.68. The van der Waals surface area contributed by atoms with E-state index >= 15 is 0 Å². The Morgan fingerprint density at radius 1 is 0.909 bits per heavy atom. The Labute approximate surface area is 68.0 Å². The summed E-state index contributed by atoms with van der Waals surface area (Å²) in [4.78, 5) is 22.1. The molecule has 0 aliphatic carbocycles. The van der Waals surface area contributed by atoms with E-state index < -0.39 is 0 Å². The molecule has 0 N–H and O–H groups in total. The van der Waals surface area contributed by atoms with Crippen LogP contribution in [0, 0.1) is 11.8 Å². The lowest BCUT2D eigenvalue weighted by Gasteiger charge is -2.04. The Morgan fingerprint density at radius 2 is 1.18 bits per heavy atom. The van der Waals surface area contributed by atoms with Crippen molar-refractivity contribution in [3.05, 3.63) is 0 Å². The van der Waals surface area contributed by atoms with Gasteiger partial charge in [-0.1, -0.05) is 27.7 Å². The summed E-state index contributed by atoms with van der Waals surface area (Å²) in [6.45, 7) is 7.26. The molecule has 0 aromatic heterocycles. The SMILES string of the molecule is CC(C)C(=O)CC(=O)C(C)C. The molecule has 0 saturated carbocycles. The average molecular weight is 156 g/mol. The fraction of sp³-hybridized carbons (Fsp3) is 0.778. The second-order valence-corrected chi connectivity index (χ2v) is 3.42. The minimum Gasteiger partial charge on any atom is -0.299 e. The smallest absolute Gasteiger partial charge is 0.142 e. The number of carbonyl (C=O) groups excluding carboxylic acids is 2. The van der Waals surface area contributed by atoms with Crippen molar-refractivity contribution >= 4 is 11.6 Å². The minimum absolute atomic E-state index is 0.0160. The van der Waals surface area contributed by atoms with Crippen molar-refractivity contribution in [3.8, 4) is 0 Å². The molecule has 0 amide bonds. The number of hydrogen-bond donors (Lipinski definition) is 0. The largest absolute Gasteiger partial charge is 0.299 e. The highest BCUT2D eigenvalue weighted by molar-refractivity contribution is 6.00. The predicted molar refractivity (Wildman–Crippen MR) is 44.3 cm³/mol. The Hall–Kier alpha value is -0.660. The van der Waals surface area contributed by atoms with Gasteiger partial charge in [-0.25, -0.2) is 0 Å². The van der Waals surface area contributed by atoms with E-state index in [1.807, 2.05) is 27.7 Å². The molecule has 2 nitrogen and oxygen atoms in total. The van der Waals surface area contributed by atoms with Crippen molar-refractivity contribution in [1.29, 1.82) is 0 Å². The van der Waals surface area contributed by atoms with E-state index in [1.165, 1.54) is 0 Å². The third-order valence-corrected chi connectivity index (χ3v) is 1.64. The fourth-order valence-corrected chi connectivity index (χ4v) is 0.580. The van der Waals surface area contributed by atoms with Gasteiger partial charge in [-0.3, -0.25) is 9.59 Å². The molecular weight excluding hydrogens is 140 g/mol. The third kappa shape index (κ3) is 3.91. The first-order chi connectivity index (χ1) is 4.95. The molecule has 0 aromatic rings. The predicted octanol–water partition coefficient (Wildman–Crippen LogP) is 1.83. The highest BCUT2D eigenvalue weighted by atomic mass is 16.1. The van der Waals surface area contributed by atoms with Crippen molar-refractivity contribution in [2.24, 2.45) is 11.8 Å². The van der Waals surface area contributed by atoms with E-state index in [4.69, 9.17) is 0 Å². The number of rotatable bonds is 4. The maximum atomic E-state index is 11.0. The van der Waals surface area contributed by atoms with Crippen LogP contribution in [-0.2, 0) is 9.59 Å². The highest BCUT2D eigenvalue weighted by Gasteiger charge is 2.14. The summed E-state index contributed by atoms with van der Waals surface area (Å²) in [5.41, 5.74) is 0. The van der Waals surface area contributed by atoms with Gasteiger partial charge in [-0.2, -0.15) is 0 Å². The molecule has 11 heavy (non-hydrogen) atoms. The second-order valence-electron chi connectivity index (χ2n) is 3.42. The number of ketones is 2. The van der Waals surface area contributed by atoms with Crippen molar-refractivity contribution in [2.75, 3.05) is 0 Å². The van der Waals surface area contributed by atoms with Gasteiger partial charge in [0.1, 0.15) is 11.6 Å². The molecule has 0 atom stereocenters. The van der Waals surface area contributed by atoms with Gasteiger partial charge in [0.2, 0.25) is 0 Å². The lowest BCUT2D eigenvalue weighted by atomic mass is 9.98. The van der Waals surface area contributed by atoms with Crippen LogP contribution in [0.2, 0.25) is 0 Å². The van der Waals surface area contributed by atoms with Crippen LogP contribution in [0.25, 0.3) is 0 Å². The van der Waals surface area contributed by atoms with Crippen LogP contribution in [0.5, 0.6) is 0 Å². The Bertz CT molecular complexity index is 139. The lowest BCUT2D eigenvalue weighted by molar-refractivity contribution is -0.130. The molecule has 0 bridgehead atoms. The number of hydrogen-bond acceptors (Lipinski definition) is 2. The Balaban J connectivity index is 3.86. The van der Waals surface area contributed by atoms with Crippen LogP contribution < -0.4 is 0 Å². The standard InChI is InChI=1S/C9H16O2/c1-6(2)8(10)5-9(11)7(3)4/h6-7H,5H2,1-4H3. The van der Waals surface area contributed by atoms with Crippen LogP contribution >= 0.6 is 0 Å². The van der Waals surface area contributed by atoms with E-state index in [9.17, 15) is 9.59 Å². The third-order valence-electron chi connectivity index (χ3n) is 1.64. The molecule has 0 aliphatic heterocycles. The second kappa shape index (κ2) is 4.27. The van der Waals surface area contributed by atoms with Crippen LogP contribution in [0.15, 0.2) is 0 Å². The fourth-order valence-electron chi connectivity index (χ4n) is 0.580. The van der Waals surface area contributed by atoms with Gasteiger partial charge in [0, 0.05) is 11.8 Å². The molecule has 0 rings (SSSR count). The first-order valence-electron chi connectivity index (χ1n) is 4.00. The molecule has 0 radical (unpaired) electrons. The van der Waals surface area contributed by atoms with E-state index in [0.29, 0.717) is 0 Å². The van der Waals surface area contributed by atoms with E-state index in [1.54, 1.807) is 0 Å². The highest BCUT2D eigenvalue weighted by Crippen LogP contribution is 2.04. The molecule has 0 saturated heterocycles. The molecule has 2 heteroatoms. The van der Waals surface area contributed by atoms with Crippen LogP contribution in [0.3, 0.4) is 0 Å². The summed E-state index contributed by atoms with van der Waals surface area (Å²) in [5.74, 6) is 0.0581. The summed E-state index contributed by atoms with van der Waals surface area (Å²) < 4.78 is 0. The summed E-state index contributed by atoms with van der Waals surface area (Å²) in [6, 6.07) is 0. The van der Waals surface area contributed by atoms with Gasteiger partial charge < -0.3 is 0 Å². The lowest BCUT2D eigenvalue weighted by Crippen LogP contribution is -2.16. The van der Waals surface area contributed by atoms with Crippen LogP contribution in [-0.4, -0.2) is 11.6 Å². The zero-order valence-electron chi connectivity index (χ0n) is 7.68. The van der Waals surface area contributed by atoms with E-state index in [0.717, 1.165) is 0 Å². The van der Waals surface area contributed by atoms with Crippen molar-refractivity contribution in [3.63, 3.8) is 0 Å². The monoisotopic (exact) mass is 156 g/mol. The molecule has 0 unspecified atom stereocenters. The quantitative estimate of drug-likeness (QED) is 0.582. The first-order valence-corrected chi connectivity index (χ1v) is 4.00. The maximum Gasteiger partial charge on any atom is 0.142 e. The molecule has 64 valence electrons. The molecule has 0 aliphatic rings. The maximum absolute atomic E-state index is 11.0. The number of carbonyl (C=O) groups is 2. The number of Topliss-reactive ketones (excluding diaryl/α,β-unsaturated/α-hetero) is 2. The average Bonchev–Trinajstić information content (AvgIpc) is 1.87. The van der Waals surface area contributed by atoms with Gasteiger partial charge in [-0.05, 0) is 0 Å². The van der Waals surface area contributed by atoms with E-state index in [-0.39, 0.29) is 29.8 Å². The van der Waals surface area contributed by atoms with Crippen LogP contribution in [0.1, 0.15) is 34.1 Å². The normalized spacial score (nSPS) is 10.7. The summed E-state index contributed by atoms with van der Waals surface area (Å²) >= 11 is 0. The van der Waals surface area contributed by atoms with Gasteiger partial charge >= 0.3 is 0 Å². The molecule has 0 fully saturated rings. The first kappa shape index (κ1) is 10.3. The zero-order chi connectivity index (χ0) is 9.02. The summed E-state index contributed by atoms with van der Waals surface area (Å²) in [6.07, 6.45) is 0.106. The van der Waals surface area contributed by atoms with Gasteiger partial charge in [0.25, 0.3) is 0 Å². The summed E-state index contributed by atoms with van der Waals surface area (Å²) in [5, 5.41) is 0. The minimum atomic E-state index is -0.0160. The van der Waals surface area contributed by atoms with Gasteiger partial charge in [-0.15, -0.1) is 0 Å². The summed E-state index contributed by atoms with van der Waals surface area (Å²) in [7, 11) is 0. The van der Waals surface area contributed by atoms with Gasteiger partial charge in [0.15, 0.2) is 0 Å². The topological polar surface area (TPSA) is 34.1 Å². The molecule has 0 heterocycles. The Kier molecular flexibility index (Phi) is 4.01.